The van der Waals surface area contributed by atoms with Gasteiger partial charge in [0.05, 0.1) is 12.4 Å². The fourth-order valence-electron chi connectivity index (χ4n) is 1.84. The van der Waals surface area contributed by atoms with Gasteiger partial charge < -0.3 is 10.1 Å². The number of unbranched alkanes of at least 4 members (excludes halogenated alkanes) is 1. The van der Waals surface area contributed by atoms with E-state index in [1.165, 1.54) is 0 Å². The molecule has 1 rings (SSSR count). The Morgan fingerprint density at radius 3 is 2.88 bits per heavy atom. The molecule has 102 valence electrons. The van der Waals surface area contributed by atoms with Crippen LogP contribution in [-0.4, -0.2) is 46.5 Å². The van der Waals surface area contributed by atoms with Crippen LogP contribution in [0.5, 0.6) is 0 Å². The molecule has 2 N–H and O–H groups in total. The van der Waals surface area contributed by atoms with E-state index < -0.39 is 10.0 Å². The number of sulfonamides is 1. The SMILES string of the molecule is CCCCOCCNS(=O)(=O)CC1CCCN1. The first-order chi connectivity index (χ1) is 8.14. The van der Waals surface area contributed by atoms with E-state index in [1.807, 2.05) is 0 Å². The van der Waals surface area contributed by atoms with Crippen LogP contribution in [-0.2, 0) is 14.8 Å². The summed E-state index contributed by atoms with van der Waals surface area (Å²) in [7, 11) is -3.15. The van der Waals surface area contributed by atoms with Gasteiger partial charge in [-0.1, -0.05) is 13.3 Å². The second-order valence-corrected chi connectivity index (χ2v) is 6.29. The van der Waals surface area contributed by atoms with Gasteiger partial charge in [-0.05, 0) is 25.8 Å². The van der Waals surface area contributed by atoms with Gasteiger partial charge in [-0.25, -0.2) is 13.1 Å². The van der Waals surface area contributed by atoms with Crippen molar-refractivity contribution in [3.05, 3.63) is 0 Å². The fourth-order valence-corrected chi connectivity index (χ4v) is 3.17. The van der Waals surface area contributed by atoms with E-state index in [9.17, 15) is 8.42 Å². The van der Waals surface area contributed by atoms with Gasteiger partial charge in [-0.15, -0.1) is 0 Å². The first-order valence-corrected chi connectivity index (χ1v) is 8.08. The average Bonchev–Trinajstić information content (AvgIpc) is 2.75. The molecule has 5 nitrogen and oxygen atoms in total. The Labute approximate surface area is 104 Å². The molecule has 6 heteroatoms. The van der Waals surface area contributed by atoms with Crippen molar-refractivity contribution in [2.45, 2.75) is 38.6 Å². The number of nitrogens with one attached hydrogen (secondary N) is 2. The van der Waals surface area contributed by atoms with Crippen LogP contribution in [0.4, 0.5) is 0 Å². The van der Waals surface area contributed by atoms with Crippen molar-refractivity contribution >= 4 is 10.0 Å². The summed E-state index contributed by atoms with van der Waals surface area (Å²) in [5.41, 5.74) is 0. The molecule has 1 unspecified atom stereocenters. The zero-order chi connectivity index (χ0) is 12.6. The summed E-state index contributed by atoms with van der Waals surface area (Å²) in [6.45, 7) is 4.57. The molecule has 0 bridgehead atoms. The van der Waals surface area contributed by atoms with Gasteiger partial charge in [0.15, 0.2) is 0 Å². The van der Waals surface area contributed by atoms with Gasteiger partial charge in [-0.3, -0.25) is 0 Å². The van der Waals surface area contributed by atoms with Gasteiger partial charge in [0.25, 0.3) is 0 Å². The third-order valence-electron chi connectivity index (χ3n) is 2.79. The zero-order valence-electron chi connectivity index (χ0n) is 10.6. The molecular formula is C11H24N2O3S. The minimum absolute atomic E-state index is 0.119. The van der Waals surface area contributed by atoms with E-state index in [-0.39, 0.29) is 11.8 Å². The van der Waals surface area contributed by atoms with Crippen molar-refractivity contribution in [1.29, 1.82) is 0 Å². The van der Waals surface area contributed by atoms with E-state index in [0.717, 1.165) is 32.2 Å². The van der Waals surface area contributed by atoms with Crippen LogP contribution in [0.3, 0.4) is 0 Å². The number of hydrogen-bond donors (Lipinski definition) is 2. The Morgan fingerprint density at radius 1 is 1.41 bits per heavy atom. The van der Waals surface area contributed by atoms with Crippen molar-refractivity contribution in [2.24, 2.45) is 0 Å². The maximum Gasteiger partial charge on any atom is 0.213 e. The summed E-state index contributed by atoms with van der Waals surface area (Å²) in [5, 5.41) is 3.18. The monoisotopic (exact) mass is 264 g/mol. The summed E-state index contributed by atoms with van der Waals surface area (Å²) in [6.07, 6.45) is 4.14. The van der Waals surface area contributed by atoms with Gasteiger partial charge in [0, 0.05) is 19.2 Å². The molecular weight excluding hydrogens is 240 g/mol. The van der Waals surface area contributed by atoms with Crippen LogP contribution >= 0.6 is 0 Å². The molecule has 0 radical (unpaired) electrons. The van der Waals surface area contributed by atoms with Crippen LogP contribution < -0.4 is 10.0 Å². The van der Waals surface area contributed by atoms with Gasteiger partial charge in [0.1, 0.15) is 0 Å². The molecule has 1 aliphatic rings. The van der Waals surface area contributed by atoms with E-state index in [1.54, 1.807) is 0 Å². The highest BCUT2D eigenvalue weighted by Gasteiger charge is 2.21. The quantitative estimate of drug-likeness (QED) is 0.594. The standard InChI is InChI=1S/C11H24N2O3S/c1-2-3-8-16-9-7-13-17(14,15)10-11-5-4-6-12-11/h11-13H,2-10H2,1H3. The van der Waals surface area contributed by atoms with Gasteiger partial charge >= 0.3 is 0 Å². The van der Waals surface area contributed by atoms with E-state index >= 15 is 0 Å². The summed E-state index contributed by atoms with van der Waals surface area (Å²) < 4.78 is 31.2. The summed E-state index contributed by atoms with van der Waals surface area (Å²) >= 11 is 0. The minimum atomic E-state index is -3.15. The molecule has 0 aromatic rings. The first-order valence-electron chi connectivity index (χ1n) is 6.42. The molecule has 1 aliphatic heterocycles. The molecule has 1 fully saturated rings. The molecule has 0 amide bonds. The highest BCUT2D eigenvalue weighted by Crippen LogP contribution is 2.06. The zero-order valence-corrected chi connectivity index (χ0v) is 11.4. The number of ether oxygens (including phenoxy) is 1. The normalized spacial score (nSPS) is 20.9. The lowest BCUT2D eigenvalue weighted by molar-refractivity contribution is 0.136. The molecule has 0 aromatic heterocycles. The van der Waals surface area contributed by atoms with Gasteiger partial charge in [-0.2, -0.15) is 0 Å². The lowest BCUT2D eigenvalue weighted by atomic mass is 10.3. The molecule has 0 aliphatic carbocycles. The maximum atomic E-state index is 11.7. The number of rotatable bonds is 9. The second kappa shape index (κ2) is 8.02. The minimum Gasteiger partial charge on any atom is -0.380 e. The predicted octanol–water partition coefficient (Wildman–Crippen LogP) is 0.475. The third kappa shape index (κ3) is 6.98. The lowest BCUT2D eigenvalue weighted by Gasteiger charge is -2.11. The molecule has 0 spiro atoms. The molecule has 1 saturated heterocycles. The number of hydrogen-bond acceptors (Lipinski definition) is 4. The average molecular weight is 264 g/mol. The Bertz CT molecular complexity index is 287. The highest BCUT2D eigenvalue weighted by atomic mass is 32.2. The van der Waals surface area contributed by atoms with Crippen molar-refractivity contribution < 1.29 is 13.2 Å². The van der Waals surface area contributed by atoms with Crippen LogP contribution in [0.1, 0.15) is 32.6 Å². The van der Waals surface area contributed by atoms with E-state index in [0.29, 0.717) is 19.8 Å². The van der Waals surface area contributed by atoms with Crippen LogP contribution in [0.25, 0.3) is 0 Å². The lowest BCUT2D eigenvalue weighted by Crippen LogP contribution is -2.37. The van der Waals surface area contributed by atoms with Crippen LogP contribution in [0, 0.1) is 0 Å². The Balaban J connectivity index is 2.07. The molecule has 1 heterocycles. The Kier molecular flexibility index (Phi) is 7.03. The Hall–Kier alpha value is -0.170. The van der Waals surface area contributed by atoms with Crippen LogP contribution in [0.15, 0.2) is 0 Å². The maximum absolute atomic E-state index is 11.7. The third-order valence-corrected chi connectivity index (χ3v) is 4.28. The molecule has 1 atom stereocenters. The van der Waals surface area contributed by atoms with Crippen molar-refractivity contribution in [1.82, 2.24) is 10.0 Å². The van der Waals surface area contributed by atoms with Crippen LogP contribution in [0.2, 0.25) is 0 Å². The van der Waals surface area contributed by atoms with Crippen molar-refractivity contribution in [2.75, 3.05) is 32.1 Å². The van der Waals surface area contributed by atoms with Gasteiger partial charge in [0.2, 0.25) is 10.0 Å². The van der Waals surface area contributed by atoms with E-state index in [4.69, 9.17) is 4.74 Å². The van der Waals surface area contributed by atoms with E-state index in [2.05, 4.69) is 17.0 Å². The molecule has 0 aromatic carbocycles. The Morgan fingerprint density at radius 2 is 2.24 bits per heavy atom. The largest absolute Gasteiger partial charge is 0.380 e. The molecule has 0 saturated carbocycles. The summed E-state index contributed by atoms with van der Waals surface area (Å²) in [5.74, 6) is 0.182. The first kappa shape index (κ1) is 14.9. The van der Waals surface area contributed by atoms with Crippen molar-refractivity contribution in [3.63, 3.8) is 0 Å². The fraction of sp³-hybridized carbons (Fsp3) is 1.00. The predicted molar refractivity (Wildman–Crippen MR) is 68.5 cm³/mol. The highest BCUT2D eigenvalue weighted by molar-refractivity contribution is 7.89. The van der Waals surface area contributed by atoms with Crippen molar-refractivity contribution in [3.8, 4) is 0 Å². The second-order valence-electron chi connectivity index (χ2n) is 4.43. The smallest absolute Gasteiger partial charge is 0.213 e. The summed E-state index contributed by atoms with van der Waals surface area (Å²) in [6, 6.07) is 0.119. The molecule has 17 heavy (non-hydrogen) atoms. The topological polar surface area (TPSA) is 67.4 Å². The summed E-state index contributed by atoms with van der Waals surface area (Å²) in [4.78, 5) is 0.